The maximum atomic E-state index is 11.7. The van der Waals surface area contributed by atoms with Gasteiger partial charge in [-0.05, 0) is 18.6 Å². The Morgan fingerprint density at radius 2 is 2.19 bits per heavy atom. The van der Waals surface area contributed by atoms with E-state index in [1.165, 1.54) is 0 Å². The minimum Gasteiger partial charge on any atom is -0.504 e. The van der Waals surface area contributed by atoms with Gasteiger partial charge in [0, 0.05) is 6.07 Å². The lowest BCUT2D eigenvalue weighted by Crippen LogP contribution is -2.03. The monoisotopic (exact) mass is 290 g/mol. The number of benzene rings is 1. The fraction of sp³-hybridized carbons (Fsp3) is 0.312. The molecule has 5 nitrogen and oxygen atoms in total. The number of unbranched alkanes of at least 4 members (excludes halogenated alkanes) is 2. The predicted molar refractivity (Wildman–Crippen MR) is 80.0 cm³/mol. The van der Waals surface area contributed by atoms with Gasteiger partial charge in [-0.15, -0.1) is 0 Å². The van der Waals surface area contributed by atoms with Crippen LogP contribution in [-0.2, 0) is 0 Å². The van der Waals surface area contributed by atoms with Gasteiger partial charge in [0.25, 0.3) is 5.75 Å². The SMILES string of the molecule is C=COc1c(O)c2ccc(OCCCCC)cc2oc1=O. The zero-order chi connectivity index (χ0) is 15.2. The molecule has 2 rings (SSSR count). The molecule has 0 spiro atoms. The summed E-state index contributed by atoms with van der Waals surface area (Å²) in [6.45, 7) is 6.07. The Bertz CT molecular complexity index is 687. The highest BCUT2D eigenvalue weighted by atomic mass is 16.5. The molecule has 1 heterocycles. The van der Waals surface area contributed by atoms with Crippen LogP contribution < -0.4 is 15.1 Å². The summed E-state index contributed by atoms with van der Waals surface area (Å²) >= 11 is 0. The molecule has 2 aromatic rings. The summed E-state index contributed by atoms with van der Waals surface area (Å²) in [6.07, 6.45) is 4.25. The van der Waals surface area contributed by atoms with Crippen molar-refractivity contribution in [3.05, 3.63) is 41.5 Å². The van der Waals surface area contributed by atoms with Crippen molar-refractivity contribution in [2.45, 2.75) is 26.2 Å². The van der Waals surface area contributed by atoms with Gasteiger partial charge < -0.3 is 19.0 Å². The fourth-order valence-corrected chi connectivity index (χ4v) is 1.97. The summed E-state index contributed by atoms with van der Waals surface area (Å²) in [4.78, 5) is 11.7. The third kappa shape index (κ3) is 3.37. The number of hydrogen-bond acceptors (Lipinski definition) is 5. The molecular formula is C16H18O5. The molecule has 112 valence electrons. The van der Waals surface area contributed by atoms with E-state index in [-0.39, 0.29) is 17.1 Å². The third-order valence-corrected chi connectivity index (χ3v) is 3.03. The van der Waals surface area contributed by atoms with E-state index in [4.69, 9.17) is 13.9 Å². The molecule has 21 heavy (non-hydrogen) atoms. The molecule has 1 aromatic carbocycles. The van der Waals surface area contributed by atoms with Gasteiger partial charge in [-0.3, -0.25) is 0 Å². The maximum Gasteiger partial charge on any atom is 0.383 e. The van der Waals surface area contributed by atoms with Crippen molar-refractivity contribution in [3.63, 3.8) is 0 Å². The van der Waals surface area contributed by atoms with Crippen molar-refractivity contribution in [1.82, 2.24) is 0 Å². The van der Waals surface area contributed by atoms with Crippen LogP contribution in [0.25, 0.3) is 11.0 Å². The van der Waals surface area contributed by atoms with Crippen molar-refractivity contribution in [1.29, 1.82) is 0 Å². The van der Waals surface area contributed by atoms with Crippen LogP contribution in [0.4, 0.5) is 0 Å². The summed E-state index contributed by atoms with van der Waals surface area (Å²) in [7, 11) is 0. The Balaban J connectivity index is 2.30. The normalized spacial score (nSPS) is 10.5. The first-order valence-electron chi connectivity index (χ1n) is 6.87. The first-order valence-corrected chi connectivity index (χ1v) is 6.87. The number of ether oxygens (including phenoxy) is 2. The Kier molecular flexibility index (Phi) is 4.87. The van der Waals surface area contributed by atoms with Crippen molar-refractivity contribution < 1.29 is 19.0 Å². The van der Waals surface area contributed by atoms with E-state index in [2.05, 4.69) is 13.5 Å². The minimum absolute atomic E-state index is 0.252. The second-order valence-electron chi connectivity index (χ2n) is 4.57. The van der Waals surface area contributed by atoms with Crippen molar-refractivity contribution in [2.24, 2.45) is 0 Å². The van der Waals surface area contributed by atoms with Crippen molar-refractivity contribution >= 4 is 11.0 Å². The van der Waals surface area contributed by atoms with E-state index in [1.807, 2.05) is 0 Å². The first kappa shape index (κ1) is 15.0. The third-order valence-electron chi connectivity index (χ3n) is 3.03. The molecule has 0 unspecified atom stereocenters. The van der Waals surface area contributed by atoms with Crippen LogP contribution in [0, 0.1) is 0 Å². The molecule has 1 aromatic heterocycles. The van der Waals surface area contributed by atoms with Gasteiger partial charge >= 0.3 is 5.63 Å². The van der Waals surface area contributed by atoms with Gasteiger partial charge in [-0.25, -0.2) is 4.79 Å². The summed E-state index contributed by atoms with van der Waals surface area (Å²) in [6, 6.07) is 4.92. The number of aromatic hydroxyl groups is 1. The lowest BCUT2D eigenvalue weighted by atomic mass is 10.2. The lowest BCUT2D eigenvalue weighted by molar-refractivity contribution is 0.306. The highest BCUT2D eigenvalue weighted by molar-refractivity contribution is 5.86. The zero-order valence-electron chi connectivity index (χ0n) is 11.9. The molecule has 0 bridgehead atoms. The standard InChI is InChI=1S/C16H18O5/c1-3-5-6-9-20-11-7-8-12-13(10-11)21-16(18)15(14(12)17)19-4-2/h4,7-8,10,17H,2-3,5-6,9H2,1H3. The summed E-state index contributed by atoms with van der Waals surface area (Å²) in [5, 5.41) is 10.4. The average Bonchev–Trinajstić information content (AvgIpc) is 2.48. The van der Waals surface area contributed by atoms with Gasteiger partial charge in [0.15, 0.2) is 5.75 Å². The Morgan fingerprint density at radius 1 is 1.38 bits per heavy atom. The van der Waals surface area contributed by atoms with E-state index in [9.17, 15) is 9.90 Å². The average molecular weight is 290 g/mol. The van der Waals surface area contributed by atoms with Crippen LogP contribution in [-0.4, -0.2) is 11.7 Å². The Morgan fingerprint density at radius 3 is 2.90 bits per heavy atom. The van der Waals surface area contributed by atoms with Gasteiger partial charge in [-0.1, -0.05) is 26.3 Å². The topological polar surface area (TPSA) is 68.9 Å². The van der Waals surface area contributed by atoms with E-state index < -0.39 is 5.63 Å². The quantitative estimate of drug-likeness (QED) is 0.479. The van der Waals surface area contributed by atoms with Crippen LogP contribution in [0.2, 0.25) is 0 Å². The van der Waals surface area contributed by atoms with Crippen molar-refractivity contribution in [2.75, 3.05) is 6.61 Å². The van der Waals surface area contributed by atoms with Crippen LogP contribution in [0.1, 0.15) is 26.2 Å². The fourth-order valence-electron chi connectivity index (χ4n) is 1.97. The first-order chi connectivity index (χ1) is 10.2. The highest BCUT2D eigenvalue weighted by Crippen LogP contribution is 2.33. The number of rotatable bonds is 7. The molecule has 0 saturated heterocycles. The molecule has 0 atom stereocenters. The second kappa shape index (κ2) is 6.83. The van der Waals surface area contributed by atoms with Gasteiger partial charge in [0.1, 0.15) is 11.3 Å². The van der Waals surface area contributed by atoms with Crippen LogP contribution in [0.3, 0.4) is 0 Å². The minimum atomic E-state index is -0.761. The van der Waals surface area contributed by atoms with Crippen LogP contribution >= 0.6 is 0 Å². The number of hydrogen-bond donors (Lipinski definition) is 1. The smallest absolute Gasteiger partial charge is 0.383 e. The molecular weight excluding hydrogens is 272 g/mol. The lowest BCUT2D eigenvalue weighted by Gasteiger charge is -2.08. The molecule has 0 amide bonds. The molecule has 0 aliphatic carbocycles. The molecule has 1 N–H and O–H groups in total. The zero-order valence-corrected chi connectivity index (χ0v) is 11.9. The summed E-state index contributed by atoms with van der Waals surface area (Å²) in [5.74, 6) is 0.0614. The van der Waals surface area contributed by atoms with Gasteiger partial charge in [0.05, 0.1) is 18.3 Å². The van der Waals surface area contributed by atoms with E-state index in [1.54, 1.807) is 18.2 Å². The number of fused-ring (bicyclic) bond motifs is 1. The molecule has 0 aliphatic heterocycles. The van der Waals surface area contributed by atoms with E-state index in [0.717, 1.165) is 25.5 Å². The highest BCUT2D eigenvalue weighted by Gasteiger charge is 2.15. The Hall–Kier alpha value is -2.43. The van der Waals surface area contributed by atoms with Crippen LogP contribution in [0.15, 0.2) is 40.3 Å². The van der Waals surface area contributed by atoms with Crippen LogP contribution in [0.5, 0.6) is 17.2 Å². The maximum absolute atomic E-state index is 11.7. The Labute approximate surface area is 122 Å². The second-order valence-corrected chi connectivity index (χ2v) is 4.57. The van der Waals surface area contributed by atoms with Gasteiger partial charge in [0.2, 0.25) is 0 Å². The molecule has 0 aliphatic rings. The molecule has 0 fully saturated rings. The van der Waals surface area contributed by atoms with Crippen molar-refractivity contribution in [3.8, 4) is 17.2 Å². The molecule has 0 radical (unpaired) electrons. The van der Waals surface area contributed by atoms with Gasteiger partial charge in [-0.2, -0.15) is 0 Å². The largest absolute Gasteiger partial charge is 0.504 e. The van der Waals surface area contributed by atoms with E-state index in [0.29, 0.717) is 17.7 Å². The van der Waals surface area contributed by atoms with E-state index >= 15 is 0 Å². The molecule has 5 heteroatoms. The summed E-state index contributed by atoms with van der Waals surface area (Å²) in [5.41, 5.74) is -0.509. The predicted octanol–water partition coefficient (Wildman–Crippen LogP) is 3.59. The summed E-state index contributed by atoms with van der Waals surface area (Å²) < 4.78 is 15.6. The molecule has 0 saturated carbocycles.